The van der Waals surface area contributed by atoms with Crippen molar-refractivity contribution in [3.8, 4) is 0 Å². The molecule has 3 N–H and O–H groups in total. The second-order valence-corrected chi connectivity index (χ2v) is 7.31. The quantitative estimate of drug-likeness (QED) is 0.800. The molecule has 1 aliphatic carbocycles. The molecule has 1 aliphatic heterocycles. The zero-order valence-corrected chi connectivity index (χ0v) is 14.8. The van der Waals surface area contributed by atoms with Crippen LogP contribution in [0.2, 0.25) is 10.0 Å². The van der Waals surface area contributed by atoms with Crippen LogP contribution in [-0.2, 0) is 9.59 Å². The summed E-state index contributed by atoms with van der Waals surface area (Å²) in [5, 5.41) is 3.98. The van der Waals surface area contributed by atoms with E-state index in [0.29, 0.717) is 41.2 Å². The third-order valence-corrected chi connectivity index (χ3v) is 5.57. The number of halogens is 2. The Bertz CT molecular complexity index is 653. The van der Waals surface area contributed by atoms with Gasteiger partial charge in [-0.25, -0.2) is 0 Å². The Morgan fingerprint density at radius 3 is 2.83 bits per heavy atom. The molecular weight excluding hydrogens is 349 g/mol. The molecule has 0 bridgehead atoms. The van der Waals surface area contributed by atoms with Gasteiger partial charge in [-0.05, 0) is 49.9 Å². The van der Waals surface area contributed by atoms with Crippen molar-refractivity contribution in [1.29, 1.82) is 0 Å². The largest absolute Gasteiger partial charge is 0.352 e. The molecule has 0 aromatic heterocycles. The Balaban J connectivity index is 1.69. The Morgan fingerprint density at radius 1 is 1.29 bits per heavy atom. The van der Waals surface area contributed by atoms with Crippen LogP contribution in [0.4, 0.5) is 5.69 Å². The summed E-state index contributed by atoms with van der Waals surface area (Å²) in [5.41, 5.74) is 6.32. The van der Waals surface area contributed by atoms with Crippen LogP contribution in [0.25, 0.3) is 0 Å². The fourth-order valence-electron chi connectivity index (χ4n) is 3.65. The van der Waals surface area contributed by atoms with E-state index < -0.39 is 5.92 Å². The van der Waals surface area contributed by atoms with Gasteiger partial charge < -0.3 is 16.0 Å². The summed E-state index contributed by atoms with van der Waals surface area (Å²) in [6, 6.07) is 5.07. The molecule has 5 nitrogen and oxygen atoms in total. The van der Waals surface area contributed by atoms with Crippen LogP contribution in [0.3, 0.4) is 0 Å². The first-order valence-corrected chi connectivity index (χ1v) is 9.03. The van der Waals surface area contributed by atoms with Crippen molar-refractivity contribution in [3.05, 3.63) is 28.2 Å². The fraction of sp³-hybridized carbons (Fsp3) is 0.529. The van der Waals surface area contributed by atoms with E-state index in [-0.39, 0.29) is 17.9 Å². The first-order valence-electron chi connectivity index (χ1n) is 8.28. The molecule has 3 atom stereocenters. The number of nitrogens with zero attached hydrogens (tertiary/aromatic N) is 1. The molecule has 3 unspecified atom stereocenters. The molecule has 0 radical (unpaired) electrons. The van der Waals surface area contributed by atoms with Crippen LogP contribution in [0.1, 0.15) is 25.7 Å². The summed E-state index contributed by atoms with van der Waals surface area (Å²) in [6.07, 6.45) is 3.51. The van der Waals surface area contributed by atoms with Gasteiger partial charge in [0.2, 0.25) is 11.8 Å². The molecule has 2 amide bonds. The average molecular weight is 370 g/mol. The Kier molecular flexibility index (Phi) is 5.33. The van der Waals surface area contributed by atoms with Crippen molar-refractivity contribution in [2.24, 2.45) is 17.6 Å². The van der Waals surface area contributed by atoms with E-state index in [1.165, 1.54) is 0 Å². The second kappa shape index (κ2) is 7.30. The van der Waals surface area contributed by atoms with Crippen molar-refractivity contribution in [1.82, 2.24) is 5.32 Å². The molecule has 3 rings (SSSR count). The smallest absolute Gasteiger partial charge is 0.239 e. The van der Waals surface area contributed by atoms with E-state index in [1.54, 1.807) is 23.1 Å². The number of carbonyl (C=O) groups excluding carboxylic acids is 2. The van der Waals surface area contributed by atoms with Gasteiger partial charge in [-0.1, -0.05) is 29.6 Å². The van der Waals surface area contributed by atoms with Crippen LogP contribution in [0, 0.1) is 11.8 Å². The predicted octanol–water partition coefficient (Wildman–Crippen LogP) is 2.59. The van der Waals surface area contributed by atoms with Gasteiger partial charge in [0.05, 0.1) is 10.7 Å². The summed E-state index contributed by atoms with van der Waals surface area (Å²) >= 11 is 12.2. The van der Waals surface area contributed by atoms with E-state index in [9.17, 15) is 9.59 Å². The van der Waals surface area contributed by atoms with E-state index in [1.807, 2.05) is 0 Å². The number of hydrogen-bond donors (Lipinski definition) is 2. The van der Waals surface area contributed by atoms with Crippen molar-refractivity contribution < 1.29 is 9.59 Å². The summed E-state index contributed by atoms with van der Waals surface area (Å²) in [6.45, 7) is 1.02. The molecule has 24 heavy (non-hydrogen) atoms. The Morgan fingerprint density at radius 2 is 2.08 bits per heavy atom. The van der Waals surface area contributed by atoms with Gasteiger partial charge in [-0.2, -0.15) is 0 Å². The summed E-state index contributed by atoms with van der Waals surface area (Å²) < 4.78 is 0. The first kappa shape index (κ1) is 17.5. The van der Waals surface area contributed by atoms with Crippen LogP contribution < -0.4 is 16.0 Å². The molecule has 2 aliphatic rings. The van der Waals surface area contributed by atoms with Gasteiger partial charge in [-0.15, -0.1) is 0 Å². The van der Waals surface area contributed by atoms with Gasteiger partial charge in [0.25, 0.3) is 0 Å². The highest BCUT2D eigenvalue weighted by Crippen LogP contribution is 2.34. The lowest BCUT2D eigenvalue weighted by atomic mass is 10.0. The predicted molar refractivity (Wildman–Crippen MR) is 95.2 cm³/mol. The number of hydrogen-bond acceptors (Lipinski definition) is 3. The Labute approximate surface area is 151 Å². The molecule has 1 saturated heterocycles. The summed E-state index contributed by atoms with van der Waals surface area (Å²) in [5.74, 6) is -0.784. The van der Waals surface area contributed by atoms with Crippen LogP contribution in [0.15, 0.2) is 18.2 Å². The Hall–Kier alpha value is -1.30. The lowest BCUT2D eigenvalue weighted by Gasteiger charge is -2.22. The van der Waals surface area contributed by atoms with E-state index in [2.05, 4.69) is 5.32 Å². The highest BCUT2D eigenvalue weighted by molar-refractivity contribution is 6.36. The number of benzene rings is 1. The zero-order chi connectivity index (χ0) is 17.3. The minimum Gasteiger partial charge on any atom is -0.352 e. The molecule has 130 valence electrons. The topological polar surface area (TPSA) is 75.4 Å². The number of nitrogens with two attached hydrogens (primary N) is 1. The maximum atomic E-state index is 12.7. The molecular formula is C17H21Cl2N3O2. The summed E-state index contributed by atoms with van der Waals surface area (Å²) in [7, 11) is 0. The highest BCUT2D eigenvalue weighted by atomic mass is 35.5. The maximum Gasteiger partial charge on any atom is 0.239 e. The number of amides is 2. The molecule has 1 saturated carbocycles. The van der Waals surface area contributed by atoms with E-state index in [0.717, 1.165) is 19.3 Å². The van der Waals surface area contributed by atoms with Gasteiger partial charge in [0, 0.05) is 17.6 Å². The van der Waals surface area contributed by atoms with Crippen molar-refractivity contribution >= 4 is 40.7 Å². The third kappa shape index (κ3) is 3.39. The van der Waals surface area contributed by atoms with Crippen molar-refractivity contribution in [2.45, 2.75) is 31.7 Å². The SMILES string of the molecule is NCC1CCCC1NC(=O)C1CCN(c2cc(Cl)ccc2Cl)C1=O. The average Bonchev–Trinajstić information content (AvgIpc) is 3.16. The third-order valence-electron chi connectivity index (χ3n) is 5.01. The molecule has 2 fully saturated rings. The van der Waals surface area contributed by atoms with E-state index >= 15 is 0 Å². The van der Waals surface area contributed by atoms with Gasteiger partial charge in [0.1, 0.15) is 5.92 Å². The monoisotopic (exact) mass is 369 g/mol. The number of rotatable bonds is 4. The van der Waals surface area contributed by atoms with Crippen molar-refractivity contribution in [2.75, 3.05) is 18.0 Å². The normalized spacial score (nSPS) is 26.9. The molecule has 0 spiro atoms. The number of anilines is 1. The van der Waals surface area contributed by atoms with Gasteiger partial charge >= 0.3 is 0 Å². The lowest BCUT2D eigenvalue weighted by Crippen LogP contribution is -2.44. The van der Waals surface area contributed by atoms with Gasteiger partial charge in [0.15, 0.2) is 0 Å². The minimum atomic E-state index is -0.668. The molecule has 7 heteroatoms. The minimum absolute atomic E-state index is 0.0825. The molecule has 1 aromatic carbocycles. The van der Waals surface area contributed by atoms with Crippen LogP contribution in [-0.4, -0.2) is 30.9 Å². The highest BCUT2D eigenvalue weighted by Gasteiger charge is 2.40. The summed E-state index contributed by atoms with van der Waals surface area (Å²) in [4.78, 5) is 26.8. The van der Waals surface area contributed by atoms with Crippen molar-refractivity contribution in [3.63, 3.8) is 0 Å². The lowest BCUT2D eigenvalue weighted by molar-refractivity contribution is -0.132. The van der Waals surface area contributed by atoms with Crippen LogP contribution >= 0.6 is 23.2 Å². The number of carbonyl (C=O) groups is 2. The van der Waals surface area contributed by atoms with Crippen LogP contribution in [0.5, 0.6) is 0 Å². The first-order chi connectivity index (χ1) is 11.5. The fourth-order valence-corrected chi connectivity index (χ4v) is 4.03. The standard InChI is InChI=1S/C17H21Cl2N3O2/c18-11-4-5-13(19)15(8-11)22-7-6-12(17(22)24)16(23)21-14-3-1-2-10(14)9-20/h4-5,8,10,12,14H,1-3,6-7,9,20H2,(H,21,23). The maximum absolute atomic E-state index is 12.7. The molecule has 1 heterocycles. The van der Waals surface area contributed by atoms with Gasteiger partial charge in [-0.3, -0.25) is 9.59 Å². The second-order valence-electron chi connectivity index (χ2n) is 6.47. The zero-order valence-electron chi connectivity index (χ0n) is 13.3. The number of nitrogens with one attached hydrogen (secondary N) is 1. The van der Waals surface area contributed by atoms with E-state index in [4.69, 9.17) is 28.9 Å². The molecule has 1 aromatic rings.